The van der Waals surface area contributed by atoms with Crippen LogP contribution in [0.25, 0.3) is 0 Å². The van der Waals surface area contributed by atoms with Crippen LogP contribution >= 0.6 is 0 Å². The monoisotopic (exact) mass is 436 g/mol. The topological polar surface area (TPSA) is 171 Å². The molecule has 7 N–H and O–H groups in total. The number of carbonyl (C=O) groups is 4. The maximum Gasteiger partial charge on any atom is 0.325 e. The quantitative estimate of drug-likeness (QED) is 0.281. The fourth-order valence-electron chi connectivity index (χ4n) is 2.71. The van der Waals surface area contributed by atoms with E-state index in [2.05, 4.69) is 16.0 Å². The van der Waals surface area contributed by atoms with E-state index in [1.807, 2.05) is 6.92 Å². The van der Waals surface area contributed by atoms with Crippen molar-refractivity contribution in [1.82, 2.24) is 16.0 Å². The summed E-state index contributed by atoms with van der Waals surface area (Å²) in [5.74, 6) is -3.07. The third-order valence-corrected chi connectivity index (χ3v) is 5.00. The fraction of sp³-hybridized carbons (Fsp3) is 0.524. The van der Waals surface area contributed by atoms with Crippen molar-refractivity contribution < 1.29 is 29.4 Å². The Labute approximate surface area is 181 Å². The predicted molar refractivity (Wildman–Crippen MR) is 114 cm³/mol. The van der Waals surface area contributed by atoms with E-state index in [0.29, 0.717) is 6.42 Å². The van der Waals surface area contributed by atoms with Crippen molar-refractivity contribution >= 4 is 23.7 Å². The van der Waals surface area contributed by atoms with Crippen LogP contribution in [0.4, 0.5) is 0 Å². The average Bonchev–Trinajstić information content (AvgIpc) is 2.72. The highest BCUT2D eigenvalue weighted by Gasteiger charge is 2.30. The number of hydrogen-bond donors (Lipinski definition) is 6. The van der Waals surface area contributed by atoms with Crippen LogP contribution in [0.3, 0.4) is 0 Å². The Morgan fingerprint density at radius 3 is 1.97 bits per heavy atom. The van der Waals surface area contributed by atoms with Crippen LogP contribution in [0.15, 0.2) is 24.3 Å². The van der Waals surface area contributed by atoms with E-state index in [0.717, 1.165) is 5.56 Å². The lowest BCUT2D eigenvalue weighted by Gasteiger charge is -2.26. The van der Waals surface area contributed by atoms with E-state index in [9.17, 15) is 24.3 Å². The molecule has 0 heterocycles. The van der Waals surface area contributed by atoms with E-state index >= 15 is 0 Å². The molecule has 5 unspecified atom stereocenters. The van der Waals surface area contributed by atoms with Gasteiger partial charge in [-0.25, -0.2) is 0 Å². The zero-order chi connectivity index (χ0) is 23.7. The number of rotatable bonds is 11. The van der Waals surface area contributed by atoms with Crippen molar-refractivity contribution in [3.8, 4) is 5.75 Å². The van der Waals surface area contributed by atoms with Gasteiger partial charge in [-0.2, -0.15) is 0 Å². The molecule has 31 heavy (non-hydrogen) atoms. The average molecular weight is 437 g/mol. The van der Waals surface area contributed by atoms with Crippen molar-refractivity contribution in [2.24, 2.45) is 11.7 Å². The molecule has 10 heteroatoms. The van der Waals surface area contributed by atoms with Crippen molar-refractivity contribution in [3.05, 3.63) is 29.8 Å². The third-order valence-electron chi connectivity index (χ3n) is 5.00. The minimum Gasteiger partial charge on any atom is -0.508 e. The second-order valence-corrected chi connectivity index (χ2v) is 7.65. The lowest BCUT2D eigenvalue weighted by molar-refractivity contribution is -0.141. The van der Waals surface area contributed by atoms with Gasteiger partial charge in [0.05, 0.1) is 6.04 Å². The van der Waals surface area contributed by atoms with Gasteiger partial charge in [0.25, 0.3) is 0 Å². The first-order valence-corrected chi connectivity index (χ1v) is 10.1. The number of aliphatic carboxylic acids is 1. The number of carbonyl (C=O) groups excluding carboxylic acids is 3. The molecular formula is C21H32N4O6. The number of benzene rings is 1. The SMILES string of the molecule is CCC(C)C(NC(=O)C(N)Cc1ccc(O)cc1)C(=O)NC(C)C(=O)NC(C)C(=O)O. The summed E-state index contributed by atoms with van der Waals surface area (Å²) < 4.78 is 0. The summed E-state index contributed by atoms with van der Waals surface area (Å²) in [6.45, 7) is 6.38. The van der Waals surface area contributed by atoms with Gasteiger partial charge in [-0.05, 0) is 43.9 Å². The maximum atomic E-state index is 12.7. The Kier molecular flexibility index (Phi) is 9.94. The largest absolute Gasteiger partial charge is 0.508 e. The highest BCUT2D eigenvalue weighted by molar-refractivity contribution is 5.94. The zero-order valence-electron chi connectivity index (χ0n) is 18.2. The predicted octanol–water partition coefficient (Wildman–Crippen LogP) is -0.113. The van der Waals surface area contributed by atoms with Crippen molar-refractivity contribution in [1.29, 1.82) is 0 Å². The molecule has 0 aromatic heterocycles. The number of carboxylic acids is 1. The number of phenols is 1. The minimum absolute atomic E-state index is 0.103. The smallest absolute Gasteiger partial charge is 0.325 e. The summed E-state index contributed by atoms with van der Waals surface area (Å²) in [7, 11) is 0. The number of phenolic OH excluding ortho intramolecular Hbond substituents is 1. The van der Waals surface area contributed by atoms with Crippen molar-refractivity contribution in [2.45, 2.75) is 64.7 Å². The highest BCUT2D eigenvalue weighted by atomic mass is 16.4. The molecule has 0 aliphatic heterocycles. The number of carboxylic acid groups (broad SMARTS) is 1. The molecule has 0 saturated carbocycles. The Morgan fingerprint density at radius 2 is 1.45 bits per heavy atom. The summed E-state index contributed by atoms with van der Waals surface area (Å²) in [6.07, 6.45) is 0.801. The van der Waals surface area contributed by atoms with E-state index < -0.39 is 47.9 Å². The van der Waals surface area contributed by atoms with Crippen LogP contribution in [0, 0.1) is 5.92 Å². The molecule has 1 rings (SSSR count). The van der Waals surface area contributed by atoms with E-state index in [4.69, 9.17) is 10.8 Å². The van der Waals surface area contributed by atoms with Crippen LogP contribution in [0.1, 0.15) is 39.7 Å². The molecule has 10 nitrogen and oxygen atoms in total. The first-order valence-electron chi connectivity index (χ1n) is 10.1. The summed E-state index contributed by atoms with van der Waals surface area (Å²) in [4.78, 5) is 48.3. The van der Waals surface area contributed by atoms with Gasteiger partial charge in [-0.3, -0.25) is 19.2 Å². The van der Waals surface area contributed by atoms with Crippen molar-refractivity contribution in [2.75, 3.05) is 0 Å². The van der Waals surface area contributed by atoms with Gasteiger partial charge in [0, 0.05) is 0 Å². The van der Waals surface area contributed by atoms with Crippen LogP contribution in [0.2, 0.25) is 0 Å². The summed E-state index contributed by atoms with van der Waals surface area (Å²) in [5, 5.41) is 25.7. The molecule has 0 saturated heterocycles. The molecule has 0 radical (unpaired) electrons. The van der Waals surface area contributed by atoms with Gasteiger partial charge >= 0.3 is 5.97 Å². The van der Waals surface area contributed by atoms with Crippen LogP contribution in [-0.2, 0) is 25.6 Å². The van der Waals surface area contributed by atoms with Crippen LogP contribution < -0.4 is 21.7 Å². The molecule has 0 aliphatic rings. The van der Waals surface area contributed by atoms with Gasteiger partial charge in [0.15, 0.2) is 0 Å². The van der Waals surface area contributed by atoms with Crippen LogP contribution in [-0.4, -0.2) is 58.1 Å². The van der Waals surface area contributed by atoms with Gasteiger partial charge in [0.1, 0.15) is 23.9 Å². The van der Waals surface area contributed by atoms with E-state index in [1.165, 1.54) is 26.0 Å². The standard InChI is InChI=1S/C21H32N4O6/c1-5-11(2)17(20(29)23-12(3)18(27)24-13(4)21(30)31)25-19(28)16(22)10-14-6-8-15(26)9-7-14/h6-9,11-13,16-17,26H,5,10,22H2,1-4H3,(H,23,29)(H,24,27)(H,25,28)(H,30,31). The Morgan fingerprint density at radius 1 is 0.903 bits per heavy atom. The fourth-order valence-corrected chi connectivity index (χ4v) is 2.71. The van der Waals surface area contributed by atoms with Gasteiger partial charge in [0.2, 0.25) is 17.7 Å². The molecule has 3 amide bonds. The molecule has 172 valence electrons. The number of hydrogen-bond acceptors (Lipinski definition) is 6. The normalized spacial score (nSPS) is 15.6. The molecular weight excluding hydrogens is 404 g/mol. The first kappa shape index (κ1) is 25.9. The Hall–Kier alpha value is -3.14. The molecule has 0 bridgehead atoms. The lowest BCUT2D eigenvalue weighted by Crippen LogP contribution is -2.58. The molecule has 0 spiro atoms. The molecule has 0 aliphatic carbocycles. The van der Waals surface area contributed by atoms with Crippen molar-refractivity contribution in [3.63, 3.8) is 0 Å². The number of aromatic hydroxyl groups is 1. The number of nitrogens with one attached hydrogen (secondary N) is 3. The lowest BCUT2D eigenvalue weighted by atomic mass is 9.97. The summed E-state index contributed by atoms with van der Waals surface area (Å²) in [6, 6.07) is 2.36. The molecule has 0 fully saturated rings. The number of nitrogens with two attached hydrogens (primary N) is 1. The number of amides is 3. The van der Waals surface area contributed by atoms with Gasteiger partial charge in [-0.15, -0.1) is 0 Å². The summed E-state index contributed by atoms with van der Waals surface area (Å²) >= 11 is 0. The van der Waals surface area contributed by atoms with E-state index in [1.54, 1.807) is 19.1 Å². The van der Waals surface area contributed by atoms with Crippen LogP contribution in [0.5, 0.6) is 5.75 Å². The third kappa shape index (κ3) is 8.25. The van der Waals surface area contributed by atoms with Gasteiger partial charge in [-0.1, -0.05) is 32.4 Å². The molecule has 1 aromatic rings. The maximum absolute atomic E-state index is 12.7. The Balaban J connectivity index is 2.77. The minimum atomic E-state index is -1.20. The first-order chi connectivity index (χ1) is 14.5. The molecule has 5 atom stereocenters. The molecule has 1 aromatic carbocycles. The Bertz CT molecular complexity index is 783. The second-order valence-electron chi connectivity index (χ2n) is 7.65. The second kappa shape index (κ2) is 11.9. The highest BCUT2D eigenvalue weighted by Crippen LogP contribution is 2.12. The summed E-state index contributed by atoms with van der Waals surface area (Å²) in [5.41, 5.74) is 6.74. The zero-order valence-corrected chi connectivity index (χ0v) is 18.2. The van der Waals surface area contributed by atoms with Gasteiger partial charge < -0.3 is 31.9 Å². The van der Waals surface area contributed by atoms with E-state index in [-0.39, 0.29) is 18.1 Å².